The molecular formula is C18H29N3. The van der Waals surface area contributed by atoms with E-state index >= 15 is 0 Å². The third-order valence-corrected chi connectivity index (χ3v) is 4.94. The number of hydrogen-bond acceptors (Lipinski definition) is 3. The van der Waals surface area contributed by atoms with Crippen LogP contribution in [0.1, 0.15) is 32.3 Å². The van der Waals surface area contributed by atoms with Crippen LogP contribution in [-0.2, 0) is 6.54 Å². The molecule has 3 nitrogen and oxygen atoms in total. The molecule has 0 aliphatic carbocycles. The highest BCUT2D eigenvalue weighted by Crippen LogP contribution is 2.17. The van der Waals surface area contributed by atoms with Gasteiger partial charge in [-0.15, -0.1) is 0 Å². The van der Waals surface area contributed by atoms with Crippen LogP contribution in [0.15, 0.2) is 30.3 Å². The van der Waals surface area contributed by atoms with E-state index in [1.807, 2.05) is 0 Å². The average Bonchev–Trinajstić information content (AvgIpc) is 3.10. The van der Waals surface area contributed by atoms with Crippen molar-refractivity contribution in [2.75, 3.05) is 26.2 Å². The van der Waals surface area contributed by atoms with Crippen LogP contribution < -0.4 is 5.32 Å². The summed E-state index contributed by atoms with van der Waals surface area (Å²) in [7, 11) is 0. The summed E-state index contributed by atoms with van der Waals surface area (Å²) in [6.07, 6.45) is 2.61. The predicted octanol–water partition coefficient (Wildman–Crippen LogP) is 2.33. The van der Waals surface area contributed by atoms with Gasteiger partial charge in [-0.3, -0.25) is 9.80 Å². The van der Waals surface area contributed by atoms with Crippen molar-refractivity contribution in [2.24, 2.45) is 0 Å². The lowest BCUT2D eigenvalue weighted by molar-refractivity contribution is 0.263. The van der Waals surface area contributed by atoms with Crippen LogP contribution in [0.25, 0.3) is 0 Å². The second-order valence-electron chi connectivity index (χ2n) is 6.95. The molecule has 2 heterocycles. The predicted molar refractivity (Wildman–Crippen MR) is 88.4 cm³/mol. The molecule has 2 atom stereocenters. The second-order valence-corrected chi connectivity index (χ2v) is 6.95. The van der Waals surface area contributed by atoms with E-state index in [2.05, 4.69) is 59.3 Å². The Morgan fingerprint density at radius 3 is 2.48 bits per heavy atom. The third-order valence-electron chi connectivity index (χ3n) is 4.94. The van der Waals surface area contributed by atoms with Crippen molar-refractivity contribution in [1.29, 1.82) is 0 Å². The van der Waals surface area contributed by atoms with Crippen molar-refractivity contribution < 1.29 is 0 Å². The molecule has 3 rings (SSSR count). The Morgan fingerprint density at radius 1 is 1.05 bits per heavy atom. The molecule has 3 heteroatoms. The zero-order valence-corrected chi connectivity index (χ0v) is 13.5. The molecule has 2 unspecified atom stereocenters. The van der Waals surface area contributed by atoms with Gasteiger partial charge in [0.05, 0.1) is 0 Å². The van der Waals surface area contributed by atoms with E-state index in [0.29, 0.717) is 18.1 Å². The lowest BCUT2D eigenvalue weighted by Crippen LogP contribution is -2.42. The van der Waals surface area contributed by atoms with E-state index in [0.717, 1.165) is 6.54 Å². The Bertz CT molecular complexity index is 431. The smallest absolute Gasteiger partial charge is 0.0234 e. The highest BCUT2D eigenvalue weighted by molar-refractivity contribution is 5.14. The molecule has 2 aliphatic heterocycles. The molecule has 0 amide bonds. The van der Waals surface area contributed by atoms with Crippen molar-refractivity contribution in [1.82, 2.24) is 15.1 Å². The zero-order valence-electron chi connectivity index (χ0n) is 13.5. The molecule has 21 heavy (non-hydrogen) atoms. The van der Waals surface area contributed by atoms with Crippen LogP contribution in [0.4, 0.5) is 0 Å². The normalized spacial score (nSPS) is 27.8. The Hall–Kier alpha value is -0.900. The first-order valence-electron chi connectivity index (χ1n) is 8.47. The largest absolute Gasteiger partial charge is 0.309 e. The maximum Gasteiger partial charge on any atom is 0.0234 e. The summed E-state index contributed by atoms with van der Waals surface area (Å²) in [5.41, 5.74) is 1.44. The number of benzene rings is 1. The molecule has 0 spiro atoms. The maximum atomic E-state index is 3.90. The van der Waals surface area contributed by atoms with Crippen molar-refractivity contribution in [3.8, 4) is 0 Å². The van der Waals surface area contributed by atoms with Gasteiger partial charge in [0.25, 0.3) is 0 Å². The van der Waals surface area contributed by atoms with E-state index in [9.17, 15) is 0 Å². The highest BCUT2D eigenvalue weighted by atomic mass is 15.2. The molecule has 2 fully saturated rings. The van der Waals surface area contributed by atoms with Gasteiger partial charge in [-0.05, 0) is 38.8 Å². The first-order valence-corrected chi connectivity index (χ1v) is 8.47. The number of likely N-dealkylation sites (tertiary alicyclic amines) is 2. The topological polar surface area (TPSA) is 18.5 Å². The van der Waals surface area contributed by atoms with Gasteiger partial charge in [0, 0.05) is 44.3 Å². The minimum Gasteiger partial charge on any atom is -0.309 e. The first-order chi connectivity index (χ1) is 10.2. The standard InChI is InChI=1S/C18H29N3/c1-15(2)21-11-9-18(14-21)19-17-8-10-20(13-17)12-16-6-4-3-5-7-16/h3-7,15,17-19H,8-14H2,1-2H3. The molecule has 116 valence electrons. The van der Waals surface area contributed by atoms with Gasteiger partial charge in [0.2, 0.25) is 0 Å². The van der Waals surface area contributed by atoms with E-state index in [4.69, 9.17) is 0 Å². The molecule has 1 aromatic rings. The van der Waals surface area contributed by atoms with E-state index < -0.39 is 0 Å². The minimum atomic E-state index is 0.686. The molecule has 2 saturated heterocycles. The fraction of sp³-hybridized carbons (Fsp3) is 0.667. The molecule has 0 saturated carbocycles. The number of rotatable bonds is 5. The first kappa shape index (κ1) is 15.0. The fourth-order valence-corrected chi connectivity index (χ4v) is 3.68. The Balaban J connectivity index is 1.43. The molecule has 2 aliphatic rings. The van der Waals surface area contributed by atoms with Crippen molar-refractivity contribution in [2.45, 2.75) is 51.4 Å². The lowest BCUT2D eigenvalue weighted by Gasteiger charge is -2.22. The number of nitrogens with zero attached hydrogens (tertiary/aromatic N) is 2. The van der Waals surface area contributed by atoms with Crippen molar-refractivity contribution in [3.63, 3.8) is 0 Å². The molecule has 0 aromatic heterocycles. The van der Waals surface area contributed by atoms with Crippen LogP contribution in [0.5, 0.6) is 0 Å². The van der Waals surface area contributed by atoms with Crippen LogP contribution in [0.3, 0.4) is 0 Å². The molecule has 0 bridgehead atoms. The highest BCUT2D eigenvalue weighted by Gasteiger charge is 2.29. The Morgan fingerprint density at radius 2 is 1.76 bits per heavy atom. The summed E-state index contributed by atoms with van der Waals surface area (Å²) in [6.45, 7) is 10.6. The van der Waals surface area contributed by atoms with Gasteiger partial charge in [-0.1, -0.05) is 30.3 Å². The Kier molecular flexibility index (Phi) is 4.94. The molecule has 1 aromatic carbocycles. The van der Waals surface area contributed by atoms with Crippen LogP contribution in [0, 0.1) is 0 Å². The zero-order chi connectivity index (χ0) is 14.7. The Labute approximate surface area is 129 Å². The minimum absolute atomic E-state index is 0.686. The van der Waals surface area contributed by atoms with Gasteiger partial charge in [0.1, 0.15) is 0 Å². The van der Waals surface area contributed by atoms with Gasteiger partial charge >= 0.3 is 0 Å². The van der Waals surface area contributed by atoms with E-state index in [-0.39, 0.29) is 0 Å². The quantitative estimate of drug-likeness (QED) is 0.897. The molecule has 1 N–H and O–H groups in total. The molecule has 0 radical (unpaired) electrons. The summed E-state index contributed by atoms with van der Waals surface area (Å²) in [4.78, 5) is 5.18. The second kappa shape index (κ2) is 6.91. The van der Waals surface area contributed by atoms with Crippen molar-refractivity contribution in [3.05, 3.63) is 35.9 Å². The summed E-state index contributed by atoms with van der Waals surface area (Å²) < 4.78 is 0. The maximum absolute atomic E-state index is 3.90. The van der Waals surface area contributed by atoms with E-state index in [1.54, 1.807) is 0 Å². The summed E-state index contributed by atoms with van der Waals surface area (Å²) in [6, 6.07) is 12.9. The van der Waals surface area contributed by atoms with Gasteiger partial charge in [0.15, 0.2) is 0 Å². The van der Waals surface area contributed by atoms with Gasteiger partial charge < -0.3 is 5.32 Å². The van der Waals surface area contributed by atoms with Crippen molar-refractivity contribution >= 4 is 0 Å². The van der Waals surface area contributed by atoms with Crippen LogP contribution in [0.2, 0.25) is 0 Å². The molecular weight excluding hydrogens is 258 g/mol. The van der Waals surface area contributed by atoms with E-state index in [1.165, 1.54) is 44.6 Å². The lowest BCUT2D eigenvalue weighted by atomic mass is 10.2. The summed E-state index contributed by atoms with van der Waals surface area (Å²) >= 11 is 0. The van der Waals surface area contributed by atoms with Crippen LogP contribution in [-0.4, -0.2) is 54.1 Å². The monoisotopic (exact) mass is 287 g/mol. The van der Waals surface area contributed by atoms with Gasteiger partial charge in [-0.25, -0.2) is 0 Å². The summed E-state index contributed by atoms with van der Waals surface area (Å²) in [5, 5.41) is 3.90. The SMILES string of the molecule is CC(C)N1CCC(NC2CCN(Cc3ccccc3)C2)C1. The summed E-state index contributed by atoms with van der Waals surface area (Å²) in [5.74, 6) is 0. The number of nitrogens with one attached hydrogen (secondary N) is 1. The average molecular weight is 287 g/mol. The van der Waals surface area contributed by atoms with Gasteiger partial charge in [-0.2, -0.15) is 0 Å². The third kappa shape index (κ3) is 4.06. The van der Waals surface area contributed by atoms with Crippen LogP contribution >= 0.6 is 0 Å². The number of hydrogen-bond donors (Lipinski definition) is 1. The fourth-order valence-electron chi connectivity index (χ4n) is 3.68.